The Labute approximate surface area is 122 Å². The zero-order valence-electron chi connectivity index (χ0n) is 11.6. The number of carbonyl (C=O) groups excluding carboxylic acids is 1. The molecule has 1 atom stereocenters. The first-order valence-electron chi connectivity index (χ1n) is 6.65. The molecule has 1 heterocycles. The Hall–Kier alpha value is -2.69. The zero-order valence-corrected chi connectivity index (χ0v) is 11.6. The predicted molar refractivity (Wildman–Crippen MR) is 80.7 cm³/mol. The zero-order chi connectivity index (χ0) is 14.8. The number of benzene rings is 2. The Morgan fingerprint density at radius 3 is 2.90 bits per heavy atom. The highest BCUT2D eigenvalue weighted by molar-refractivity contribution is 5.99. The number of para-hydroxylation sites is 1. The van der Waals surface area contributed by atoms with Crippen molar-refractivity contribution in [3.05, 3.63) is 48.0 Å². The van der Waals surface area contributed by atoms with Gasteiger partial charge in [0.05, 0.1) is 18.5 Å². The number of fused-ring (bicyclic) bond motifs is 1. The summed E-state index contributed by atoms with van der Waals surface area (Å²) in [5, 5.41) is 2.84. The van der Waals surface area contributed by atoms with Crippen LogP contribution in [0.25, 0.3) is 0 Å². The average molecular weight is 284 g/mol. The summed E-state index contributed by atoms with van der Waals surface area (Å²) in [6, 6.07) is 12.7. The van der Waals surface area contributed by atoms with Crippen molar-refractivity contribution < 1.29 is 14.3 Å². The third-order valence-corrected chi connectivity index (χ3v) is 3.53. The summed E-state index contributed by atoms with van der Waals surface area (Å²) in [5.74, 6) is 0.972. The van der Waals surface area contributed by atoms with Crippen LogP contribution in [-0.2, 0) is 4.79 Å². The van der Waals surface area contributed by atoms with E-state index in [0.29, 0.717) is 23.7 Å². The molecular formula is C16H16N2O3. The fourth-order valence-electron chi connectivity index (χ4n) is 2.38. The van der Waals surface area contributed by atoms with E-state index >= 15 is 0 Å². The summed E-state index contributed by atoms with van der Waals surface area (Å²) in [6.07, 6.45) is 0. The van der Waals surface area contributed by atoms with Gasteiger partial charge >= 0.3 is 0 Å². The SMILES string of the molecule is COc1ccc(NC(=O)C2COc3ccccc32)c(N)c1. The van der Waals surface area contributed by atoms with Crippen molar-refractivity contribution in [2.45, 2.75) is 5.92 Å². The number of anilines is 2. The second-order valence-corrected chi connectivity index (χ2v) is 4.84. The smallest absolute Gasteiger partial charge is 0.235 e. The number of hydrogen-bond acceptors (Lipinski definition) is 4. The third kappa shape index (κ3) is 2.50. The van der Waals surface area contributed by atoms with Gasteiger partial charge in [-0.05, 0) is 18.2 Å². The molecule has 0 spiro atoms. The first kappa shape index (κ1) is 13.3. The summed E-state index contributed by atoms with van der Waals surface area (Å²) in [5.41, 5.74) is 7.86. The highest BCUT2D eigenvalue weighted by atomic mass is 16.5. The lowest BCUT2D eigenvalue weighted by Crippen LogP contribution is -2.22. The molecule has 5 heteroatoms. The number of nitrogens with one attached hydrogen (secondary N) is 1. The van der Waals surface area contributed by atoms with Crippen LogP contribution in [0, 0.1) is 0 Å². The topological polar surface area (TPSA) is 73.6 Å². The van der Waals surface area contributed by atoms with E-state index in [2.05, 4.69) is 5.32 Å². The van der Waals surface area contributed by atoms with E-state index in [0.717, 1.165) is 11.3 Å². The molecule has 3 N–H and O–H groups in total. The highest BCUT2D eigenvalue weighted by Crippen LogP contribution is 2.34. The molecular weight excluding hydrogens is 268 g/mol. The Morgan fingerprint density at radius 2 is 2.14 bits per heavy atom. The van der Waals surface area contributed by atoms with Crippen molar-refractivity contribution in [3.8, 4) is 11.5 Å². The van der Waals surface area contributed by atoms with Crippen molar-refractivity contribution in [1.82, 2.24) is 0 Å². The molecule has 0 aliphatic carbocycles. The summed E-state index contributed by atoms with van der Waals surface area (Å²) in [7, 11) is 1.57. The molecule has 3 rings (SSSR count). The minimum absolute atomic E-state index is 0.128. The van der Waals surface area contributed by atoms with Crippen molar-refractivity contribution >= 4 is 17.3 Å². The van der Waals surface area contributed by atoms with E-state index < -0.39 is 0 Å². The molecule has 0 saturated heterocycles. The molecule has 1 amide bonds. The number of nitrogen functional groups attached to an aromatic ring is 1. The van der Waals surface area contributed by atoms with Crippen LogP contribution >= 0.6 is 0 Å². The first-order valence-corrected chi connectivity index (χ1v) is 6.65. The summed E-state index contributed by atoms with van der Waals surface area (Å²) >= 11 is 0. The van der Waals surface area contributed by atoms with E-state index in [1.165, 1.54) is 0 Å². The maximum absolute atomic E-state index is 12.4. The fraction of sp³-hybridized carbons (Fsp3) is 0.188. The van der Waals surface area contributed by atoms with Gasteiger partial charge in [0.2, 0.25) is 5.91 Å². The molecule has 2 aromatic carbocycles. The molecule has 1 unspecified atom stereocenters. The maximum Gasteiger partial charge on any atom is 0.235 e. The van der Waals surface area contributed by atoms with Crippen LogP contribution in [0.2, 0.25) is 0 Å². The lowest BCUT2D eigenvalue weighted by Gasteiger charge is -2.12. The number of ether oxygens (including phenoxy) is 2. The number of amides is 1. The first-order chi connectivity index (χ1) is 10.2. The Morgan fingerprint density at radius 1 is 1.33 bits per heavy atom. The molecule has 2 aromatic rings. The molecule has 21 heavy (non-hydrogen) atoms. The molecule has 1 aliphatic heterocycles. The van der Waals surface area contributed by atoms with Crippen LogP contribution in [0.5, 0.6) is 11.5 Å². The molecule has 5 nitrogen and oxygen atoms in total. The average Bonchev–Trinajstić information content (AvgIpc) is 2.93. The molecule has 108 valence electrons. The minimum atomic E-state index is -0.317. The number of nitrogens with two attached hydrogens (primary N) is 1. The standard InChI is InChI=1S/C16H16N2O3/c1-20-10-6-7-14(13(17)8-10)18-16(19)12-9-21-15-5-3-2-4-11(12)15/h2-8,12H,9,17H2,1H3,(H,18,19). The number of hydrogen-bond donors (Lipinski definition) is 2. The quantitative estimate of drug-likeness (QED) is 0.849. The maximum atomic E-state index is 12.4. The van der Waals surface area contributed by atoms with E-state index in [4.69, 9.17) is 15.2 Å². The van der Waals surface area contributed by atoms with Crippen LogP contribution < -0.4 is 20.5 Å². The molecule has 0 saturated carbocycles. The van der Waals surface area contributed by atoms with E-state index in [9.17, 15) is 4.79 Å². The predicted octanol–water partition coefficient (Wildman–Crippen LogP) is 2.39. The van der Waals surface area contributed by atoms with Crippen LogP contribution in [0.15, 0.2) is 42.5 Å². The van der Waals surface area contributed by atoms with E-state index in [1.54, 1.807) is 25.3 Å². The lowest BCUT2D eigenvalue weighted by molar-refractivity contribution is -0.117. The van der Waals surface area contributed by atoms with Gasteiger partial charge in [-0.2, -0.15) is 0 Å². The fourth-order valence-corrected chi connectivity index (χ4v) is 2.38. The Balaban J connectivity index is 1.79. The molecule has 1 aliphatic rings. The molecule has 0 bridgehead atoms. The van der Waals surface area contributed by atoms with Crippen molar-refractivity contribution in [3.63, 3.8) is 0 Å². The van der Waals surface area contributed by atoms with Crippen LogP contribution in [0.4, 0.5) is 11.4 Å². The minimum Gasteiger partial charge on any atom is -0.497 e. The number of rotatable bonds is 3. The van der Waals surface area contributed by atoms with Crippen LogP contribution in [-0.4, -0.2) is 19.6 Å². The van der Waals surface area contributed by atoms with Gasteiger partial charge in [0.1, 0.15) is 24.0 Å². The molecule has 0 radical (unpaired) electrons. The Bertz CT molecular complexity index is 685. The number of carbonyl (C=O) groups is 1. The molecule has 0 aromatic heterocycles. The van der Waals surface area contributed by atoms with Gasteiger partial charge in [0.25, 0.3) is 0 Å². The summed E-state index contributed by atoms with van der Waals surface area (Å²) in [6.45, 7) is 0.348. The van der Waals surface area contributed by atoms with Gasteiger partial charge in [-0.25, -0.2) is 0 Å². The van der Waals surface area contributed by atoms with Gasteiger partial charge in [-0.3, -0.25) is 4.79 Å². The van der Waals surface area contributed by atoms with Gasteiger partial charge < -0.3 is 20.5 Å². The van der Waals surface area contributed by atoms with E-state index in [-0.39, 0.29) is 11.8 Å². The monoisotopic (exact) mass is 284 g/mol. The Kier molecular flexibility index (Phi) is 3.39. The largest absolute Gasteiger partial charge is 0.497 e. The van der Waals surface area contributed by atoms with Gasteiger partial charge in [0.15, 0.2) is 0 Å². The van der Waals surface area contributed by atoms with Gasteiger partial charge in [-0.1, -0.05) is 18.2 Å². The van der Waals surface area contributed by atoms with Crippen LogP contribution in [0.1, 0.15) is 11.5 Å². The van der Waals surface area contributed by atoms with Gasteiger partial charge in [0, 0.05) is 11.6 Å². The van der Waals surface area contributed by atoms with E-state index in [1.807, 2.05) is 24.3 Å². The second-order valence-electron chi connectivity index (χ2n) is 4.84. The van der Waals surface area contributed by atoms with Crippen molar-refractivity contribution in [2.75, 3.05) is 24.8 Å². The third-order valence-electron chi connectivity index (χ3n) is 3.53. The number of methoxy groups -OCH3 is 1. The summed E-state index contributed by atoms with van der Waals surface area (Å²) < 4.78 is 10.6. The van der Waals surface area contributed by atoms with Crippen molar-refractivity contribution in [1.29, 1.82) is 0 Å². The van der Waals surface area contributed by atoms with Crippen molar-refractivity contribution in [2.24, 2.45) is 0 Å². The second kappa shape index (κ2) is 5.36. The van der Waals surface area contributed by atoms with Gasteiger partial charge in [-0.15, -0.1) is 0 Å². The summed E-state index contributed by atoms with van der Waals surface area (Å²) in [4.78, 5) is 12.4. The molecule has 0 fully saturated rings. The normalized spacial score (nSPS) is 16.0. The lowest BCUT2D eigenvalue weighted by atomic mass is 10.0. The highest BCUT2D eigenvalue weighted by Gasteiger charge is 2.30. The van der Waals surface area contributed by atoms with Crippen LogP contribution in [0.3, 0.4) is 0 Å².